The largest absolute Gasteiger partial charge is 0.246 e. The molecule has 2 aliphatic rings. The number of sulfonamides is 1. The lowest BCUT2D eigenvalue weighted by molar-refractivity contribution is 0.247. The standard InChI is InChI=1S/C13H15F2NO2S/c14-9-4-7-13(12(15)8-9)19(17,18)16-10-2-1-3-11(16)6-5-10/h4,7-8,10-11H,1-3,5-6H2. The van der Waals surface area contributed by atoms with Gasteiger partial charge in [-0.2, -0.15) is 4.31 Å². The van der Waals surface area contributed by atoms with Crippen LogP contribution in [-0.4, -0.2) is 24.8 Å². The van der Waals surface area contributed by atoms with Gasteiger partial charge >= 0.3 is 0 Å². The summed E-state index contributed by atoms with van der Waals surface area (Å²) < 4.78 is 53.2. The van der Waals surface area contributed by atoms with Crippen molar-refractivity contribution in [1.29, 1.82) is 0 Å². The topological polar surface area (TPSA) is 37.4 Å². The van der Waals surface area contributed by atoms with Crippen molar-refractivity contribution in [2.24, 2.45) is 0 Å². The summed E-state index contributed by atoms with van der Waals surface area (Å²) >= 11 is 0. The molecule has 2 saturated heterocycles. The number of hydrogen-bond acceptors (Lipinski definition) is 2. The number of halogens is 2. The highest BCUT2D eigenvalue weighted by molar-refractivity contribution is 7.89. The van der Waals surface area contributed by atoms with Crippen LogP contribution in [0.1, 0.15) is 32.1 Å². The molecule has 3 rings (SSSR count). The van der Waals surface area contributed by atoms with E-state index in [1.807, 2.05) is 0 Å². The quantitative estimate of drug-likeness (QED) is 0.838. The number of fused-ring (bicyclic) bond motifs is 2. The predicted molar refractivity (Wildman–Crippen MR) is 66.0 cm³/mol. The van der Waals surface area contributed by atoms with Crippen molar-refractivity contribution in [1.82, 2.24) is 4.31 Å². The zero-order valence-electron chi connectivity index (χ0n) is 10.4. The summed E-state index contributed by atoms with van der Waals surface area (Å²) in [5, 5.41) is 0. The summed E-state index contributed by atoms with van der Waals surface area (Å²) in [4.78, 5) is -0.410. The van der Waals surface area contributed by atoms with E-state index in [0.717, 1.165) is 44.2 Å². The average Bonchev–Trinajstić information content (AvgIpc) is 2.61. The molecule has 2 unspecified atom stereocenters. The number of hydrogen-bond donors (Lipinski definition) is 0. The highest BCUT2D eigenvalue weighted by Crippen LogP contribution is 2.39. The number of rotatable bonds is 2. The fourth-order valence-electron chi connectivity index (χ4n) is 3.26. The molecule has 2 heterocycles. The van der Waals surface area contributed by atoms with Crippen molar-refractivity contribution in [3.05, 3.63) is 29.8 Å². The zero-order chi connectivity index (χ0) is 13.6. The third-order valence-electron chi connectivity index (χ3n) is 4.08. The Balaban J connectivity index is 2.03. The zero-order valence-corrected chi connectivity index (χ0v) is 11.2. The van der Waals surface area contributed by atoms with Crippen LogP contribution in [0.3, 0.4) is 0 Å². The first-order valence-electron chi connectivity index (χ1n) is 6.49. The van der Waals surface area contributed by atoms with Crippen molar-refractivity contribution < 1.29 is 17.2 Å². The number of nitrogens with zero attached hydrogens (tertiary/aromatic N) is 1. The van der Waals surface area contributed by atoms with Gasteiger partial charge in [0.05, 0.1) is 0 Å². The molecule has 104 valence electrons. The summed E-state index contributed by atoms with van der Waals surface area (Å²) in [5.74, 6) is -1.77. The molecule has 2 aliphatic heterocycles. The van der Waals surface area contributed by atoms with Crippen LogP contribution in [0.15, 0.2) is 23.1 Å². The van der Waals surface area contributed by atoms with E-state index in [1.54, 1.807) is 0 Å². The van der Waals surface area contributed by atoms with E-state index in [1.165, 1.54) is 4.31 Å². The SMILES string of the molecule is O=S(=O)(c1ccc(F)cc1F)N1C2CCCC1CC2. The second-order valence-corrected chi connectivity index (χ2v) is 7.04. The van der Waals surface area contributed by atoms with Gasteiger partial charge in [0.25, 0.3) is 0 Å². The molecule has 0 N–H and O–H groups in total. The van der Waals surface area contributed by atoms with Gasteiger partial charge < -0.3 is 0 Å². The van der Waals surface area contributed by atoms with Gasteiger partial charge in [0, 0.05) is 18.2 Å². The van der Waals surface area contributed by atoms with Gasteiger partial charge in [-0.25, -0.2) is 17.2 Å². The van der Waals surface area contributed by atoms with Gasteiger partial charge in [0.2, 0.25) is 10.0 Å². The molecule has 0 amide bonds. The van der Waals surface area contributed by atoms with Crippen molar-refractivity contribution in [3.8, 4) is 0 Å². The van der Waals surface area contributed by atoms with Gasteiger partial charge in [-0.1, -0.05) is 6.42 Å². The average molecular weight is 287 g/mol. The fraction of sp³-hybridized carbons (Fsp3) is 0.538. The van der Waals surface area contributed by atoms with Crippen LogP contribution in [0.25, 0.3) is 0 Å². The van der Waals surface area contributed by atoms with E-state index in [0.29, 0.717) is 6.07 Å². The molecule has 1 aromatic carbocycles. The van der Waals surface area contributed by atoms with E-state index in [-0.39, 0.29) is 12.1 Å². The third-order valence-corrected chi connectivity index (χ3v) is 6.12. The molecular weight excluding hydrogens is 272 g/mol. The fourth-order valence-corrected chi connectivity index (χ4v) is 5.24. The molecule has 1 aromatic rings. The monoisotopic (exact) mass is 287 g/mol. The Labute approximate surface area is 111 Å². The normalized spacial score (nSPS) is 27.7. The molecule has 3 nitrogen and oxygen atoms in total. The molecular formula is C13H15F2NO2S. The third kappa shape index (κ3) is 2.07. The van der Waals surface area contributed by atoms with Crippen molar-refractivity contribution in [2.45, 2.75) is 49.1 Å². The molecule has 0 radical (unpaired) electrons. The van der Waals surface area contributed by atoms with E-state index in [9.17, 15) is 17.2 Å². The Morgan fingerprint density at radius 2 is 1.68 bits per heavy atom. The molecule has 2 atom stereocenters. The van der Waals surface area contributed by atoms with Gasteiger partial charge in [0.15, 0.2) is 0 Å². The second kappa shape index (κ2) is 4.52. The van der Waals surface area contributed by atoms with Gasteiger partial charge in [-0.15, -0.1) is 0 Å². The lowest BCUT2D eigenvalue weighted by atomic mass is 10.1. The smallest absolute Gasteiger partial charge is 0.207 e. The minimum absolute atomic E-state index is 0.0202. The second-order valence-electron chi connectivity index (χ2n) is 5.23. The lowest BCUT2D eigenvalue weighted by Crippen LogP contribution is -2.44. The molecule has 19 heavy (non-hydrogen) atoms. The summed E-state index contributed by atoms with van der Waals surface area (Å²) in [6.07, 6.45) is 4.36. The van der Waals surface area contributed by atoms with Crippen LogP contribution in [0.2, 0.25) is 0 Å². The van der Waals surface area contributed by atoms with E-state index < -0.39 is 26.6 Å². The number of piperidine rings is 1. The van der Waals surface area contributed by atoms with Gasteiger partial charge in [0.1, 0.15) is 16.5 Å². The Kier molecular flexibility index (Phi) is 3.09. The first-order valence-corrected chi connectivity index (χ1v) is 7.93. The van der Waals surface area contributed by atoms with Gasteiger partial charge in [-0.05, 0) is 37.8 Å². The number of benzene rings is 1. The first-order chi connectivity index (χ1) is 9.00. The van der Waals surface area contributed by atoms with Crippen molar-refractivity contribution in [2.75, 3.05) is 0 Å². The van der Waals surface area contributed by atoms with Crippen LogP contribution in [0, 0.1) is 11.6 Å². The summed E-state index contributed by atoms with van der Waals surface area (Å²) in [7, 11) is -3.85. The van der Waals surface area contributed by atoms with E-state index in [4.69, 9.17) is 0 Å². The highest BCUT2D eigenvalue weighted by Gasteiger charge is 2.44. The van der Waals surface area contributed by atoms with E-state index >= 15 is 0 Å². The Morgan fingerprint density at radius 3 is 2.26 bits per heavy atom. The molecule has 0 aromatic heterocycles. The predicted octanol–water partition coefficient (Wildman–Crippen LogP) is 2.67. The minimum atomic E-state index is -3.85. The van der Waals surface area contributed by atoms with Crippen LogP contribution in [0.5, 0.6) is 0 Å². The molecule has 0 aliphatic carbocycles. The lowest BCUT2D eigenvalue weighted by Gasteiger charge is -2.33. The highest BCUT2D eigenvalue weighted by atomic mass is 32.2. The minimum Gasteiger partial charge on any atom is -0.207 e. The van der Waals surface area contributed by atoms with Crippen LogP contribution >= 0.6 is 0 Å². The molecule has 2 bridgehead atoms. The molecule has 2 fully saturated rings. The van der Waals surface area contributed by atoms with Crippen molar-refractivity contribution >= 4 is 10.0 Å². The summed E-state index contributed by atoms with van der Waals surface area (Å²) in [6, 6.07) is 2.59. The molecule has 6 heteroatoms. The Morgan fingerprint density at radius 1 is 1.05 bits per heavy atom. The van der Waals surface area contributed by atoms with Crippen LogP contribution < -0.4 is 0 Å². The summed E-state index contributed by atoms with van der Waals surface area (Å²) in [5.41, 5.74) is 0. The first kappa shape index (κ1) is 13.0. The maximum atomic E-state index is 13.7. The maximum absolute atomic E-state index is 13.7. The molecule has 0 saturated carbocycles. The Hall–Kier alpha value is -1.01. The summed E-state index contributed by atoms with van der Waals surface area (Å²) in [6.45, 7) is 0. The maximum Gasteiger partial charge on any atom is 0.246 e. The molecule has 0 spiro atoms. The van der Waals surface area contributed by atoms with Crippen LogP contribution in [-0.2, 0) is 10.0 Å². The van der Waals surface area contributed by atoms with Gasteiger partial charge in [-0.3, -0.25) is 0 Å². The van der Waals surface area contributed by atoms with Crippen molar-refractivity contribution in [3.63, 3.8) is 0 Å². The Bertz CT molecular complexity index is 587. The van der Waals surface area contributed by atoms with Crippen LogP contribution in [0.4, 0.5) is 8.78 Å². The van der Waals surface area contributed by atoms with E-state index in [2.05, 4.69) is 0 Å².